The van der Waals surface area contributed by atoms with Gasteiger partial charge < -0.3 is 18.9 Å². The van der Waals surface area contributed by atoms with Gasteiger partial charge in [0.05, 0.1) is 32.7 Å². The van der Waals surface area contributed by atoms with Crippen molar-refractivity contribution in [2.75, 3.05) is 14.2 Å². The van der Waals surface area contributed by atoms with Crippen LogP contribution in [0.5, 0.6) is 0 Å². The molecule has 28 heavy (non-hydrogen) atoms. The van der Waals surface area contributed by atoms with E-state index >= 15 is 0 Å². The molecule has 1 heterocycles. The van der Waals surface area contributed by atoms with Crippen molar-refractivity contribution in [2.24, 2.45) is 0 Å². The van der Waals surface area contributed by atoms with Crippen molar-refractivity contribution in [2.45, 2.75) is 12.9 Å². The van der Waals surface area contributed by atoms with Gasteiger partial charge in [-0.3, -0.25) is 0 Å². The smallest absolute Gasteiger partial charge is 0.341 e. The number of carbonyl (C=O) groups excluding carboxylic acids is 2. The second-order valence-corrected chi connectivity index (χ2v) is 5.95. The van der Waals surface area contributed by atoms with E-state index in [9.17, 15) is 9.59 Å². The lowest BCUT2D eigenvalue weighted by atomic mass is 10.0. The topological polar surface area (TPSA) is 71.1 Å². The monoisotopic (exact) mass is 380 g/mol. The molecule has 2 aromatic carbocycles. The third kappa shape index (κ3) is 4.29. The Morgan fingerprint density at radius 1 is 1.07 bits per heavy atom. The van der Waals surface area contributed by atoms with Gasteiger partial charge in [-0.2, -0.15) is 0 Å². The molecule has 0 aromatic heterocycles. The highest BCUT2D eigenvalue weighted by atomic mass is 16.7. The minimum absolute atomic E-state index is 0.130. The zero-order valence-electron chi connectivity index (χ0n) is 15.6. The van der Waals surface area contributed by atoms with Crippen LogP contribution in [0.3, 0.4) is 0 Å². The first-order chi connectivity index (χ1) is 13.6. The predicted octanol–water partition coefficient (Wildman–Crippen LogP) is 3.33. The van der Waals surface area contributed by atoms with Crippen LogP contribution in [0.15, 0.2) is 66.9 Å². The minimum atomic E-state index is -0.802. The molecule has 6 heteroatoms. The maximum absolute atomic E-state index is 12.1. The molecule has 0 radical (unpaired) electrons. The van der Waals surface area contributed by atoms with Crippen LogP contribution < -0.4 is 0 Å². The van der Waals surface area contributed by atoms with E-state index in [2.05, 4.69) is 0 Å². The minimum Gasteiger partial charge on any atom is -0.503 e. The Morgan fingerprint density at radius 2 is 1.79 bits per heavy atom. The number of hydrogen-bond donors (Lipinski definition) is 0. The Balaban J connectivity index is 1.77. The molecule has 1 unspecified atom stereocenters. The molecule has 144 valence electrons. The van der Waals surface area contributed by atoms with Crippen LogP contribution in [0.2, 0.25) is 0 Å². The van der Waals surface area contributed by atoms with Crippen molar-refractivity contribution in [3.63, 3.8) is 0 Å². The van der Waals surface area contributed by atoms with E-state index in [0.29, 0.717) is 11.1 Å². The average Bonchev–Trinajstić information content (AvgIpc) is 3.11. The third-order valence-corrected chi connectivity index (χ3v) is 4.18. The van der Waals surface area contributed by atoms with Gasteiger partial charge in [0.1, 0.15) is 5.57 Å². The number of hydrogen-bond acceptors (Lipinski definition) is 6. The van der Waals surface area contributed by atoms with Crippen LogP contribution in [-0.4, -0.2) is 32.4 Å². The first-order valence-electron chi connectivity index (χ1n) is 8.63. The molecule has 0 N–H and O–H groups in total. The summed E-state index contributed by atoms with van der Waals surface area (Å²) < 4.78 is 20.9. The molecule has 6 nitrogen and oxygen atoms in total. The molecule has 3 rings (SSSR count). The zero-order chi connectivity index (χ0) is 19.9. The summed E-state index contributed by atoms with van der Waals surface area (Å²) in [6.07, 6.45) is 2.17. The van der Waals surface area contributed by atoms with E-state index in [-0.39, 0.29) is 12.2 Å². The van der Waals surface area contributed by atoms with E-state index < -0.39 is 18.2 Å². The van der Waals surface area contributed by atoms with Crippen molar-refractivity contribution in [1.82, 2.24) is 0 Å². The number of methoxy groups -OCH3 is 2. The standard InChI is InChI=1S/C22H20O6/c1-25-14-19(21(23)26-2)17-11-7-6-10-16(17)13-27-20-12-18(22(24)28-20)15-8-4-3-5-9-15/h3-12,14,20H,13H2,1-2H3/b19-14-. The Labute approximate surface area is 163 Å². The summed E-state index contributed by atoms with van der Waals surface area (Å²) >= 11 is 0. The van der Waals surface area contributed by atoms with Gasteiger partial charge in [0.25, 0.3) is 0 Å². The van der Waals surface area contributed by atoms with Gasteiger partial charge in [0.15, 0.2) is 0 Å². The Morgan fingerprint density at radius 3 is 2.50 bits per heavy atom. The SMILES string of the molecule is CO/C=C(\C(=O)OC)c1ccccc1COC1C=C(c2ccccc2)C(=O)O1. The summed E-state index contributed by atoms with van der Waals surface area (Å²) in [5, 5.41) is 0. The van der Waals surface area contributed by atoms with Gasteiger partial charge in [-0.05, 0) is 22.8 Å². The van der Waals surface area contributed by atoms with Crippen LogP contribution in [0.25, 0.3) is 11.1 Å². The molecule has 0 amide bonds. The van der Waals surface area contributed by atoms with E-state index in [1.165, 1.54) is 20.5 Å². The van der Waals surface area contributed by atoms with E-state index in [0.717, 1.165) is 11.1 Å². The van der Waals surface area contributed by atoms with Gasteiger partial charge in [0.2, 0.25) is 6.29 Å². The van der Waals surface area contributed by atoms with E-state index in [1.54, 1.807) is 18.2 Å². The van der Waals surface area contributed by atoms with Crippen LogP contribution in [0.4, 0.5) is 0 Å². The zero-order valence-corrected chi connectivity index (χ0v) is 15.6. The van der Waals surface area contributed by atoms with Crippen molar-refractivity contribution in [1.29, 1.82) is 0 Å². The summed E-state index contributed by atoms with van der Waals surface area (Å²) in [6, 6.07) is 16.5. The summed E-state index contributed by atoms with van der Waals surface area (Å²) in [4.78, 5) is 24.2. The predicted molar refractivity (Wildman–Crippen MR) is 103 cm³/mol. The average molecular weight is 380 g/mol. The number of benzene rings is 2. The first kappa shape index (κ1) is 19.4. The number of rotatable bonds is 7. The molecular formula is C22H20O6. The number of esters is 2. The summed E-state index contributed by atoms with van der Waals surface area (Å²) in [5.74, 6) is -0.952. The van der Waals surface area contributed by atoms with Crippen LogP contribution in [0, 0.1) is 0 Å². The lowest BCUT2D eigenvalue weighted by molar-refractivity contribution is -0.159. The summed E-state index contributed by atoms with van der Waals surface area (Å²) in [6.45, 7) is 0.130. The Hall–Kier alpha value is -3.38. The van der Waals surface area contributed by atoms with E-state index in [4.69, 9.17) is 18.9 Å². The van der Waals surface area contributed by atoms with E-state index in [1.807, 2.05) is 42.5 Å². The fourth-order valence-electron chi connectivity index (χ4n) is 2.85. The van der Waals surface area contributed by atoms with Crippen molar-refractivity contribution in [3.8, 4) is 0 Å². The maximum atomic E-state index is 12.1. The fraction of sp³-hybridized carbons (Fsp3) is 0.182. The molecule has 0 aliphatic carbocycles. The highest BCUT2D eigenvalue weighted by Crippen LogP contribution is 2.26. The molecular weight excluding hydrogens is 360 g/mol. The van der Waals surface area contributed by atoms with Crippen molar-refractivity contribution < 1.29 is 28.5 Å². The highest BCUT2D eigenvalue weighted by Gasteiger charge is 2.27. The number of carbonyl (C=O) groups is 2. The quantitative estimate of drug-likeness (QED) is 0.417. The normalized spacial score (nSPS) is 16.4. The number of ether oxygens (including phenoxy) is 4. The fourth-order valence-corrected chi connectivity index (χ4v) is 2.85. The molecule has 1 atom stereocenters. The van der Waals surface area contributed by atoms with Gasteiger partial charge in [-0.25, -0.2) is 9.59 Å². The van der Waals surface area contributed by atoms with Gasteiger partial charge >= 0.3 is 11.9 Å². The van der Waals surface area contributed by atoms with Crippen molar-refractivity contribution >= 4 is 23.1 Å². The van der Waals surface area contributed by atoms with Crippen LogP contribution in [-0.2, 0) is 35.1 Å². The molecule has 0 saturated heterocycles. The molecule has 0 spiro atoms. The second-order valence-electron chi connectivity index (χ2n) is 5.95. The van der Waals surface area contributed by atoms with Gasteiger partial charge in [-0.15, -0.1) is 0 Å². The molecule has 0 bridgehead atoms. The van der Waals surface area contributed by atoms with Crippen molar-refractivity contribution in [3.05, 3.63) is 83.6 Å². The Kier molecular flexibility index (Phi) is 6.24. The lowest BCUT2D eigenvalue weighted by Crippen LogP contribution is -2.14. The highest BCUT2D eigenvalue weighted by molar-refractivity contribution is 6.18. The molecule has 0 fully saturated rings. The Bertz CT molecular complexity index is 914. The van der Waals surface area contributed by atoms with Crippen LogP contribution >= 0.6 is 0 Å². The van der Waals surface area contributed by atoms with Gasteiger partial charge in [-0.1, -0.05) is 54.6 Å². The molecule has 1 aliphatic heterocycles. The first-order valence-corrected chi connectivity index (χ1v) is 8.63. The molecule has 2 aromatic rings. The van der Waals surface area contributed by atoms with Crippen LogP contribution in [0.1, 0.15) is 16.7 Å². The summed E-state index contributed by atoms with van der Waals surface area (Å²) in [5.41, 5.74) is 2.86. The molecule has 0 saturated carbocycles. The maximum Gasteiger partial charge on any atom is 0.341 e. The third-order valence-electron chi connectivity index (χ3n) is 4.18. The second kappa shape index (κ2) is 9.01. The number of cyclic esters (lactones) is 1. The lowest BCUT2D eigenvalue weighted by Gasteiger charge is -2.14. The largest absolute Gasteiger partial charge is 0.503 e. The summed E-state index contributed by atoms with van der Waals surface area (Å²) in [7, 11) is 2.76. The molecule has 1 aliphatic rings. The van der Waals surface area contributed by atoms with Gasteiger partial charge in [0, 0.05) is 0 Å².